The minimum atomic E-state index is -3.86. The number of nitrogens with two attached hydrogens (primary N) is 1. The van der Waals surface area contributed by atoms with E-state index in [1.165, 1.54) is 6.07 Å². The lowest BCUT2D eigenvalue weighted by atomic mass is 10.1. The van der Waals surface area contributed by atoms with E-state index in [-0.39, 0.29) is 10.8 Å². The number of amides is 1. The number of halogens is 1. The fourth-order valence-corrected chi connectivity index (χ4v) is 3.45. The van der Waals surface area contributed by atoms with Crippen molar-refractivity contribution in [2.75, 3.05) is 13.6 Å². The Labute approximate surface area is 128 Å². The summed E-state index contributed by atoms with van der Waals surface area (Å²) >= 11 is 3.22. The van der Waals surface area contributed by atoms with Gasteiger partial charge in [0.1, 0.15) is 0 Å². The van der Waals surface area contributed by atoms with Gasteiger partial charge in [-0.2, -0.15) is 0 Å². The van der Waals surface area contributed by atoms with Crippen LogP contribution in [0.5, 0.6) is 0 Å². The van der Waals surface area contributed by atoms with Gasteiger partial charge in [0.25, 0.3) is 5.91 Å². The molecule has 5 nitrogen and oxygen atoms in total. The van der Waals surface area contributed by atoms with Crippen LogP contribution in [-0.2, 0) is 10.0 Å². The molecule has 0 aliphatic rings. The average molecular weight is 363 g/mol. The third-order valence-electron chi connectivity index (χ3n) is 2.85. The maximum absolute atomic E-state index is 12.4. The molecule has 0 radical (unpaired) electrons. The van der Waals surface area contributed by atoms with E-state index in [2.05, 4.69) is 15.9 Å². The molecule has 1 rings (SSSR count). The molecule has 0 bridgehead atoms. The van der Waals surface area contributed by atoms with E-state index in [1.54, 1.807) is 24.9 Å². The van der Waals surface area contributed by atoms with Crippen molar-refractivity contribution in [3.63, 3.8) is 0 Å². The molecule has 0 saturated heterocycles. The molecule has 0 fully saturated rings. The first-order chi connectivity index (χ1) is 9.04. The van der Waals surface area contributed by atoms with Crippen molar-refractivity contribution >= 4 is 31.9 Å². The van der Waals surface area contributed by atoms with Crippen LogP contribution in [0.15, 0.2) is 21.5 Å². The smallest absolute Gasteiger partial charge is 0.253 e. The van der Waals surface area contributed by atoms with Crippen LogP contribution in [0.2, 0.25) is 0 Å². The molecule has 0 aromatic heterocycles. The Hall–Kier alpha value is -0.920. The molecule has 1 aromatic rings. The number of carbonyl (C=O) groups is 1. The molecule has 1 aromatic carbocycles. The summed E-state index contributed by atoms with van der Waals surface area (Å²) < 4.78 is 23.6. The van der Waals surface area contributed by atoms with Gasteiger partial charge >= 0.3 is 0 Å². The zero-order valence-corrected chi connectivity index (χ0v) is 14.4. The number of rotatable bonds is 4. The number of hydrogen-bond donors (Lipinski definition) is 1. The van der Waals surface area contributed by atoms with E-state index < -0.39 is 10.0 Å². The molecule has 0 unspecified atom stereocenters. The number of nitrogens with zero attached hydrogens (tertiary/aromatic N) is 1. The third kappa shape index (κ3) is 4.04. The number of primary sulfonamides is 1. The lowest BCUT2D eigenvalue weighted by Crippen LogP contribution is -2.31. The number of carbonyl (C=O) groups excluding carboxylic acids is 1. The molecule has 0 heterocycles. The summed E-state index contributed by atoms with van der Waals surface area (Å²) in [4.78, 5) is 13.9. The zero-order valence-electron chi connectivity index (χ0n) is 12.0. The molecule has 0 saturated carbocycles. The van der Waals surface area contributed by atoms with Gasteiger partial charge in [-0.05, 0) is 30.5 Å². The first-order valence-electron chi connectivity index (χ1n) is 6.12. The summed E-state index contributed by atoms with van der Waals surface area (Å²) in [7, 11) is -2.17. The van der Waals surface area contributed by atoms with E-state index in [4.69, 9.17) is 5.14 Å². The Kier molecular flexibility index (Phi) is 5.34. The van der Waals surface area contributed by atoms with Gasteiger partial charge in [0.2, 0.25) is 10.0 Å². The highest BCUT2D eigenvalue weighted by Crippen LogP contribution is 2.25. The highest BCUT2D eigenvalue weighted by Gasteiger charge is 2.21. The van der Waals surface area contributed by atoms with Crippen molar-refractivity contribution in [1.29, 1.82) is 0 Å². The van der Waals surface area contributed by atoms with Crippen LogP contribution in [0.1, 0.15) is 29.8 Å². The van der Waals surface area contributed by atoms with Crippen LogP contribution in [0, 0.1) is 12.8 Å². The Morgan fingerprint density at radius 2 is 1.95 bits per heavy atom. The van der Waals surface area contributed by atoms with Gasteiger partial charge in [0.15, 0.2) is 0 Å². The average Bonchev–Trinajstić information content (AvgIpc) is 2.28. The second-order valence-corrected chi connectivity index (χ2v) is 7.65. The van der Waals surface area contributed by atoms with Crippen molar-refractivity contribution in [1.82, 2.24) is 4.90 Å². The minimum Gasteiger partial charge on any atom is -0.341 e. The quantitative estimate of drug-likeness (QED) is 0.890. The van der Waals surface area contributed by atoms with Gasteiger partial charge in [-0.1, -0.05) is 29.8 Å². The molecule has 0 aliphatic heterocycles. The number of hydrogen-bond acceptors (Lipinski definition) is 3. The van der Waals surface area contributed by atoms with Crippen molar-refractivity contribution in [3.8, 4) is 0 Å². The molecule has 1 amide bonds. The maximum Gasteiger partial charge on any atom is 0.253 e. The van der Waals surface area contributed by atoms with Crippen LogP contribution < -0.4 is 5.14 Å². The van der Waals surface area contributed by atoms with Crippen LogP contribution in [0.4, 0.5) is 0 Å². The lowest BCUT2D eigenvalue weighted by Gasteiger charge is -2.21. The third-order valence-corrected chi connectivity index (χ3v) is 4.34. The summed E-state index contributed by atoms with van der Waals surface area (Å²) in [5.74, 6) is 0.108. The molecule has 2 N–H and O–H groups in total. The molecule has 0 atom stereocenters. The van der Waals surface area contributed by atoms with Gasteiger partial charge in [-0.25, -0.2) is 13.6 Å². The predicted octanol–water partition coefficient (Wildman–Crippen LogP) is 2.13. The summed E-state index contributed by atoms with van der Waals surface area (Å²) in [5.41, 5.74) is 0.711. The second-order valence-electron chi connectivity index (χ2n) is 5.20. The standard InChI is InChI=1S/C13H19BrN2O3S/c1-8(2)7-16(4)13(17)11-5-10(14)6-12(9(11)3)20(15,18)19/h5-6,8H,7H2,1-4H3,(H2,15,18,19). The predicted molar refractivity (Wildman–Crippen MR) is 82.1 cm³/mol. The summed E-state index contributed by atoms with van der Waals surface area (Å²) in [6.45, 7) is 6.19. The fourth-order valence-electron chi connectivity index (χ4n) is 2.01. The fraction of sp³-hybridized carbons (Fsp3) is 0.462. The molecule has 112 valence electrons. The Bertz CT molecular complexity index is 627. The molecular weight excluding hydrogens is 344 g/mol. The van der Waals surface area contributed by atoms with Crippen LogP contribution in [0.25, 0.3) is 0 Å². The van der Waals surface area contributed by atoms with E-state index in [0.29, 0.717) is 28.1 Å². The topological polar surface area (TPSA) is 80.5 Å². The maximum atomic E-state index is 12.4. The van der Waals surface area contributed by atoms with Gasteiger partial charge in [-0.15, -0.1) is 0 Å². The Morgan fingerprint density at radius 3 is 2.40 bits per heavy atom. The normalized spacial score (nSPS) is 11.8. The van der Waals surface area contributed by atoms with E-state index in [1.807, 2.05) is 13.8 Å². The summed E-state index contributed by atoms with van der Waals surface area (Å²) in [6, 6.07) is 3.02. The second kappa shape index (κ2) is 6.24. The first-order valence-corrected chi connectivity index (χ1v) is 8.46. The van der Waals surface area contributed by atoms with Gasteiger partial charge in [0, 0.05) is 23.6 Å². The van der Waals surface area contributed by atoms with Crippen molar-refractivity contribution in [3.05, 3.63) is 27.7 Å². The highest BCUT2D eigenvalue weighted by molar-refractivity contribution is 9.10. The van der Waals surface area contributed by atoms with E-state index >= 15 is 0 Å². The van der Waals surface area contributed by atoms with E-state index in [9.17, 15) is 13.2 Å². The van der Waals surface area contributed by atoms with Crippen molar-refractivity contribution in [2.45, 2.75) is 25.7 Å². The number of benzene rings is 1. The Balaban J connectivity index is 3.33. The van der Waals surface area contributed by atoms with Gasteiger partial charge in [0.05, 0.1) is 4.90 Å². The first kappa shape index (κ1) is 17.1. The van der Waals surface area contributed by atoms with Crippen molar-refractivity contribution < 1.29 is 13.2 Å². The SMILES string of the molecule is Cc1c(C(=O)N(C)CC(C)C)cc(Br)cc1S(N)(=O)=O. The van der Waals surface area contributed by atoms with Crippen molar-refractivity contribution in [2.24, 2.45) is 11.1 Å². The zero-order chi connectivity index (χ0) is 15.7. The van der Waals surface area contributed by atoms with Crippen LogP contribution in [-0.4, -0.2) is 32.8 Å². The van der Waals surface area contributed by atoms with Crippen LogP contribution >= 0.6 is 15.9 Å². The number of sulfonamides is 1. The van der Waals surface area contributed by atoms with E-state index in [0.717, 1.165) is 0 Å². The summed E-state index contributed by atoms with van der Waals surface area (Å²) in [5, 5.41) is 5.18. The minimum absolute atomic E-state index is 0.0341. The van der Waals surface area contributed by atoms with Gasteiger partial charge in [-0.3, -0.25) is 4.79 Å². The monoisotopic (exact) mass is 362 g/mol. The molecule has 7 heteroatoms. The largest absolute Gasteiger partial charge is 0.341 e. The molecule has 0 spiro atoms. The Morgan fingerprint density at radius 1 is 1.40 bits per heavy atom. The lowest BCUT2D eigenvalue weighted by molar-refractivity contribution is 0.0778. The van der Waals surface area contributed by atoms with Crippen LogP contribution in [0.3, 0.4) is 0 Å². The molecule has 20 heavy (non-hydrogen) atoms. The summed E-state index contributed by atoms with van der Waals surface area (Å²) in [6.07, 6.45) is 0. The molecule has 0 aliphatic carbocycles. The van der Waals surface area contributed by atoms with Gasteiger partial charge < -0.3 is 4.90 Å². The molecular formula is C13H19BrN2O3S. The highest BCUT2D eigenvalue weighted by atomic mass is 79.9.